The maximum Gasteiger partial charge on any atom is 0.323 e. The zero-order chi connectivity index (χ0) is 12.8. The molecule has 0 spiro atoms. The predicted octanol–water partition coefficient (Wildman–Crippen LogP) is 2.56. The monoisotopic (exact) mass is 243 g/mol. The zero-order valence-corrected chi connectivity index (χ0v) is 10.6. The van der Waals surface area contributed by atoms with E-state index < -0.39 is 5.41 Å². The molecule has 0 atom stereocenters. The van der Waals surface area contributed by atoms with E-state index in [0.29, 0.717) is 0 Å². The predicted molar refractivity (Wildman–Crippen MR) is 68.6 cm³/mol. The summed E-state index contributed by atoms with van der Waals surface area (Å²) in [6, 6.07) is 3.70. The molecule has 3 heteroatoms. The van der Waals surface area contributed by atoms with Crippen LogP contribution in [0.2, 0.25) is 0 Å². The molecule has 0 saturated heterocycles. The standard InChI is InChI=1S/C15H17NO2/c1-18-14(17)15(8-3-2-4-9-15)10-5-13-6-11-16-12-7-13/h6-7,11-12H,2-4,8-9H2,1H3. The van der Waals surface area contributed by atoms with Crippen molar-refractivity contribution >= 4 is 5.97 Å². The molecular weight excluding hydrogens is 226 g/mol. The van der Waals surface area contributed by atoms with Gasteiger partial charge >= 0.3 is 5.97 Å². The molecule has 0 aromatic carbocycles. The van der Waals surface area contributed by atoms with Gasteiger partial charge in [0.1, 0.15) is 5.41 Å². The van der Waals surface area contributed by atoms with Crippen molar-refractivity contribution in [2.24, 2.45) is 5.41 Å². The van der Waals surface area contributed by atoms with Crippen LogP contribution in [-0.4, -0.2) is 18.1 Å². The fraction of sp³-hybridized carbons (Fsp3) is 0.467. The van der Waals surface area contributed by atoms with E-state index >= 15 is 0 Å². The van der Waals surface area contributed by atoms with Gasteiger partial charge in [0.2, 0.25) is 0 Å². The van der Waals surface area contributed by atoms with Crippen molar-refractivity contribution in [3.8, 4) is 11.8 Å². The van der Waals surface area contributed by atoms with E-state index in [1.807, 2.05) is 12.1 Å². The van der Waals surface area contributed by atoms with Gasteiger partial charge in [-0.1, -0.05) is 31.1 Å². The fourth-order valence-electron chi connectivity index (χ4n) is 2.36. The smallest absolute Gasteiger partial charge is 0.323 e. The summed E-state index contributed by atoms with van der Waals surface area (Å²) in [5, 5.41) is 0. The molecule has 0 amide bonds. The second kappa shape index (κ2) is 5.68. The topological polar surface area (TPSA) is 39.2 Å². The molecule has 1 aromatic rings. The van der Waals surface area contributed by atoms with E-state index in [0.717, 1.165) is 31.2 Å². The van der Waals surface area contributed by atoms with E-state index in [2.05, 4.69) is 16.8 Å². The molecule has 0 N–H and O–H groups in total. The quantitative estimate of drug-likeness (QED) is 0.562. The van der Waals surface area contributed by atoms with Gasteiger partial charge in [-0.2, -0.15) is 0 Å². The number of carbonyl (C=O) groups excluding carboxylic acids is 1. The molecular formula is C15H17NO2. The van der Waals surface area contributed by atoms with Crippen LogP contribution in [0.1, 0.15) is 37.7 Å². The number of esters is 1. The number of carbonyl (C=O) groups is 1. The van der Waals surface area contributed by atoms with Crippen molar-refractivity contribution in [3.63, 3.8) is 0 Å². The van der Waals surface area contributed by atoms with Crippen molar-refractivity contribution in [2.45, 2.75) is 32.1 Å². The van der Waals surface area contributed by atoms with Gasteiger partial charge in [0.25, 0.3) is 0 Å². The lowest BCUT2D eigenvalue weighted by Crippen LogP contribution is -2.33. The summed E-state index contributed by atoms with van der Waals surface area (Å²) < 4.78 is 4.93. The molecule has 2 rings (SSSR count). The molecule has 1 aliphatic carbocycles. The van der Waals surface area contributed by atoms with Gasteiger partial charge in [-0.25, -0.2) is 0 Å². The second-order valence-electron chi connectivity index (χ2n) is 4.62. The Hall–Kier alpha value is -1.82. The Balaban J connectivity index is 2.26. The number of hydrogen-bond acceptors (Lipinski definition) is 3. The number of hydrogen-bond donors (Lipinski definition) is 0. The van der Waals surface area contributed by atoms with Gasteiger partial charge in [0.05, 0.1) is 7.11 Å². The van der Waals surface area contributed by atoms with Crippen LogP contribution in [0.15, 0.2) is 24.5 Å². The van der Waals surface area contributed by atoms with Crippen LogP contribution >= 0.6 is 0 Å². The molecule has 1 aromatic heterocycles. The van der Waals surface area contributed by atoms with Gasteiger partial charge in [0.15, 0.2) is 0 Å². The molecule has 0 aliphatic heterocycles. The zero-order valence-electron chi connectivity index (χ0n) is 10.6. The highest BCUT2D eigenvalue weighted by molar-refractivity contribution is 5.80. The number of rotatable bonds is 1. The third-order valence-corrected chi connectivity index (χ3v) is 3.41. The summed E-state index contributed by atoms with van der Waals surface area (Å²) in [7, 11) is 1.44. The first-order valence-electron chi connectivity index (χ1n) is 6.28. The summed E-state index contributed by atoms with van der Waals surface area (Å²) in [6.45, 7) is 0. The minimum Gasteiger partial charge on any atom is -0.468 e. The number of aromatic nitrogens is 1. The third-order valence-electron chi connectivity index (χ3n) is 3.41. The number of methoxy groups -OCH3 is 1. The summed E-state index contributed by atoms with van der Waals surface area (Å²) >= 11 is 0. The van der Waals surface area contributed by atoms with Gasteiger partial charge in [-0.05, 0) is 25.0 Å². The fourth-order valence-corrected chi connectivity index (χ4v) is 2.36. The highest BCUT2D eigenvalue weighted by Gasteiger charge is 2.39. The first-order chi connectivity index (χ1) is 8.77. The van der Waals surface area contributed by atoms with Crippen molar-refractivity contribution in [1.82, 2.24) is 4.98 Å². The second-order valence-corrected chi connectivity index (χ2v) is 4.62. The summed E-state index contributed by atoms with van der Waals surface area (Å²) in [5.41, 5.74) is 0.287. The average Bonchev–Trinajstić information content (AvgIpc) is 2.46. The molecule has 1 heterocycles. The lowest BCUT2D eigenvalue weighted by molar-refractivity contribution is -0.150. The first-order valence-corrected chi connectivity index (χ1v) is 6.28. The molecule has 3 nitrogen and oxygen atoms in total. The van der Waals surface area contributed by atoms with Crippen LogP contribution in [-0.2, 0) is 9.53 Å². The van der Waals surface area contributed by atoms with E-state index in [1.54, 1.807) is 12.4 Å². The summed E-state index contributed by atoms with van der Waals surface area (Å²) in [5.74, 6) is 6.04. The van der Waals surface area contributed by atoms with Crippen molar-refractivity contribution in [3.05, 3.63) is 30.1 Å². The molecule has 0 unspecified atom stereocenters. The molecule has 94 valence electrons. The van der Waals surface area contributed by atoms with Crippen LogP contribution in [0, 0.1) is 17.3 Å². The van der Waals surface area contributed by atoms with Gasteiger partial charge in [-0.3, -0.25) is 9.78 Å². The SMILES string of the molecule is COC(=O)C1(C#Cc2ccncc2)CCCCC1. The minimum atomic E-state index is -0.601. The lowest BCUT2D eigenvalue weighted by atomic mass is 9.74. The van der Waals surface area contributed by atoms with Crippen LogP contribution in [0.4, 0.5) is 0 Å². The number of nitrogens with zero attached hydrogens (tertiary/aromatic N) is 1. The number of ether oxygens (including phenoxy) is 1. The van der Waals surface area contributed by atoms with Crippen molar-refractivity contribution in [2.75, 3.05) is 7.11 Å². The number of pyridine rings is 1. The van der Waals surface area contributed by atoms with E-state index in [1.165, 1.54) is 13.5 Å². The normalized spacial score (nSPS) is 17.4. The van der Waals surface area contributed by atoms with Gasteiger partial charge in [0, 0.05) is 18.0 Å². The highest BCUT2D eigenvalue weighted by atomic mass is 16.5. The molecule has 1 fully saturated rings. The Bertz CT molecular complexity index is 464. The Morgan fingerprint density at radius 2 is 1.94 bits per heavy atom. The van der Waals surface area contributed by atoms with Gasteiger partial charge < -0.3 is 4.74 Å². The average molecular weight is 243 g/mol. The Kier molecular flexibility index (Phi) is 3.99. The maximum atomic E-state index is 12.0. The van der Waals surface area contributed by atoms with E-state index in [9.17, 15) is 4.79 Å². The van der Waals surface area contributed by atoms with Gasteiger partial charge in [-0.15, -0.1) is 0 Å². The maximum absolute atomic E-state index is 12.0. The lowest BCUT2D eigenvalue weighted by Gasteiger charge is -2.29. The molecule has 0 bridgehead atoms. The Labute approximate surface area is 108 Å². The van der Waals surface area contributed by atoms with Crippen LogP contribution in [0.5, 0.6) is 0 Å². The van der Waals surface area contributed by atoms with Crippen LogP contribution < -0.4 is 0 Å². The van der Waals surface area contributed by atoms with Crippen molar-refractivity contribution in [1.29, 1.82) is 0 Å². The minimum absolute atomic E-state index is 0.191. The summed E-state index contributed by atoms with van der Waals surface area (Å²) in [4.78, 5) is 15.9. The third kappa shape index (κ3) is 2.70. The first kappa shape index (κ1) is 12.6. The van der Waals surface area contributed by atoms with Crippen molar-refractivity contribution < 1.29 is 9.53 Å². The van der Waals surface area contributed by atoms with E-state index in [-0.39, 0.29) is 5.97 Å². The molecule has 0 radical (unpaired) electrons. The van der Waals surface area contributed by atoms with Crippen LogP contribution in [0.3, 0.4) is 0 Å². The molecule has 1 aliphatic rings. The Morgan fingerprint density at radius 1 is 1.28 bits per heavy atom. The molecule has 18 heavy (non-hydrogen) atoms. The largest absolute Gasteiger partial charge is 0.468 e. The Morgan fingerprint density at radius 3 is 2.56 bits per heavy atom. The highest BCUT2D eigenvalue weighted by Crippen LogP contribution is 2.36. The summed E-state index contributed by atoms with van der Waals surface area (Å²) in [6.07, 6.45) is 8.27. The van der Waals surface area contributed by atoms with E-state index in [4.69, 9.17) is 4.74 Å². The molecule has 1 saturated carbocycles. The van der Waals surface area contributed by atoms with Crippen LogP contribution in [0.25, 0.3) is 0 Å².